The van der Waals surface area contributed by atoms with Gasteiger partial charge in [-0.15, -0.1) is 11.3 Å². The summed E-state index contributed by atoms with van der Waals surface area (Å²) in [6.45, 7) is 0. The van der Waals surface area contributed by atoms with Crippen LogP contribution in [-0.4, -0.2) is 19.3 Å². The molecule has 3 aromatic carbocycles. The maximum atomic E-state index is 12.9. The maximum Gasteiger partial charge on any atom is 0.261 e. The molecule has 158 valence electrons. The minimum atomic E-state index is -3.85. The molecule has 2 N–H and O–H groups in total. The first-order chi connectivity index (χ1) is 15.5. The van der Waals surface area contributed by atoms with Gasteiger partial charge in [-0.2, -0.15) is 5.26 Å². The molecular weight excluding hydrogens is 444 g/mol. The van der Waals surface area contributed by atoms with Crippen LogP contribution >= 0.6 is 11.3 Å². The molecule has 0 atom stereocenters. The van der Waals surface area contributed by atoms with Crippen LogP contribution in [0.3, 0.4) is 0 Å². The number of thiazole rings is 1. The lowest BCUT2D eigenvalue weighted by Gasteiger charge is -2.12. The zero-order valence-corrected chi connectivity index (χ0v) is 18.2. The Morgan fingerprint density at radius 2 is 1.62 bits per heavy atom. The molecule has 32 heavy (non-hydrogen) atoms. The van der Waals surface area contributed by atoms with E-state index in [4.69, 9.17) is 5.26 Å². The van der Waals surface area contributed by atoms with Crippen LogP contribution < -0.4 is 10.0 Å². The number of carbonyl (C=O) groups excluding carboxylic acids is 1. The van der Waals surface area contributed by atoms with Crippen molar-refractivity contribution in [3.8, 4) is 17.3 Å². The smallest absolute Gasteiger partial charge is 0.261 e. The third kappa shape index (κ3) is 4.67. The van der Waals surface area contributed by atoms with E-state index in [1.807, 2.05) is 0 Å². The summed E-state index contributed by atoms with van der Waals surface area (Å²) in [6, 6.07) is 23.3. The second-order valence-corrected chi connectivity index (χ2v) is 9.19. The van der Waals surface area contributed by atoms with Gasteiger partial charge in [-0.1, -0.05) is 42.5 Å². The number of rotatable bonds is 6. The molecule has 9 heteroatoms. The predicted octanol–water partition coefficient (Wildman–Crippen LogP) is 4.73. The summed E-state index contributed by atoms with van der Waals surface area (Å²) in [5.74, 6) is -0.489. The summed E-state index contributed by atoms with van der Waals surface area (Å²) in [5.41, 5.74) is 2.36. The molecule has 1 heterocycles. The third-order valence-electron chi connectivity index (χ3n) is 4.50. The Bertz CT molecular complexity index is 1410. The molecule has 0 spiro atoms. The Morgan fingerprint density at radius 3 is 2.34 bits per heavy atom. The molecule has 4 rings (SSSR count). The largest absolute Gasteiger partial charge is 0.298 e. The standard InChI is InChI=1S/C23H16N4O3S2/c24-14-16-10-12-17(13-11-16)21-15-31-23(25-21)26-22(28)19-8-4-5-9-20(19)27-32(29,30)18-6-2-1-3-7-18/h1-13,15,27H,(H,25,26,28). The zero-order valence-electron chi connectivity index (χ0n) is 16.5. The van der Waals surface area contributed by atoms with Crippen molar-refractivity contribution in [3.05, 3.63) is 95.4 Å². The topological polar surface area (TPSA) is 112 Å². The number of aromatic nitrogens is 1. The molecule has 4 aromatic rings. The average Bonchev–Trinajstić information content (AvgIpc) is 3.28. The van der Waals surface area contributed by atoms with E-state index in [-0.39, 0.29) is 16.1 Å². The first kappa shape index (κ1) is 21.2. The minimum Gasteiger partial charge on any atom is -0.298 e. The number of nitriles is 1. The normalized spacial score (nSPS) is 10.8. The summed E-state index contributed by atoms with van der Waals surface area (Å²) in [7, 11) is -3.85. The van der Waals surface area contributed by atoms with Crippen molar-refractivity contribution in [2.24, 2.45) is 0 Å². The predicted molar refractivity (Wildman–Crippen MR) is 124 cm³/mol. The van der Waals surface area contributed by atoms with Gasteiger partial charge in [-0.25, -0.2) is 13.4 Å². The highest BCUT2D eigenvalue weighted by atomic mass is 32.2. The van der Waals surface area contributed by atoms with E-state index in [9.17, 15) is 13.2 Å². The van der Waals surface area contributed by atoms with E-state index < -0.39 is 15.9 Å². The molecular formula is C23H16N4O3S2. The molecule has 0 aliphatic carbocycles. The van der Waals surface area contributed by atoms with Crippen LogP contribution in [0, 0.1) is 11.3 Å². The Hall–Kier alpha value is -4.00. The lowest BCUT2D eigenvalue weighted by atomic mass is 10.1. The lowest BCUT2D eigenvalue weighted by molar-refractivity contribution is 0.102. The molecule has 0 bridgehead atoms. The third-order valence-corrected chi connectivity index (χ3v) is 6.64. The van der Waals surface area contributed by atoms with Crippen LogP contribution in [0.1, 0.15) is 15.9 Å². The molecule has 1 amide bonds. The SMILES string of the molecule is N#Cc1ccc(-c2csc(NC(=O)c3ccccc3NS(=O)(=O)c3ccccc3)n2)cc1. The van der Waals surface area contributed by atoms with Crippen LogP contribution in [0.4, 0.5) is 10.8 Å². The van der Waals surface area contributed by atoms with E-state index in [0.717, 1.165) is 5.56 Å². The molecule has 0 saturated carbocycles. The van der Waals surface area contributed by atoms with Gasteiger partial charge in [-0.3, -0.25) is 14.8 Å². The summed E-state index contributed by atoms with van der Waals surface area (Å²) >= 11 is 1.25. The van der Waals surface area contributed by atoms with Gasteiger partial charge in [0.05, 0.1) is 33.5 Å². The van der Waals surface area contributed by atoms with Gasteiger partial charge in [0.25, 0.3) is 15.9 Å². The monoisotopic (exact) mass is 460 g/mol. The van der Waals surface area contributed by atoms with Crippen molar-refractivity contribution in [1.29, 1.82) is 5.26 Å². The molecule has 0 unspecified atom stereocenters. The molecule has 0 aliphatic rings. The van der Waals surface area contributed by atoms with Gasteiger partial charge < -0.3 is 0 Å². The molecule has 7 nitrogen and oxygen atoms in total. The number of carbonyl (C=O) groups is 1. The van der Waals surface area contributed by atoms with Gasteiger partial charge in [-0.05, 0) is 36.4 Å². The van der Waals surface area contributed by atoms with Crippen molar-refractivity contribution >= 4 is 38.1 Å². The highest BCUT2D eigenvalue weighted by molar-refractivity contribution is 7.92. The fourth-order valence-corrected chi connectivity index (χ4v) is 4.73. The lowest BCUT2D eigenvalue weighted by Crippen LogP contribution is -2.18. The van der Waals surface area contributed by atoms with E-state index in [0.29, 0.717) is 16.4 Å². The van der Waals surface area contributed by atoms with Gasteiger partial charge in [0.2, 0.25) is 0 Å². The summed E-state index contributed by atoms with van der Waals surface area (Å²) < 4.78 is 27.8. The van der Waals surface area contributed by atoms with Crippen molar-refractivity contribution in [2.45, 2.75) is 4.90 Å². The van der Waals surface area contributed by atoms with E-state index in [2.05, 4.69) is 21.1 Å². The molecule has 0 fully saturated rings. The van der Waals surface area contributed by atoms with Gasteiger partial charge in [0.1, 0.15) is 0 Å². The number of benzene rings is 3. The molecule has 0 aliphatic heterocycles. The second kappa shape index (κ2) is 9.01. The Balaban J connectivity index is 1.54. The Morgan fingerprint density at radius 1 is 0.938 bits per heavy atom. The molecule has 1 aromatic heterocycles. The van der Waals surface area contributed by atoms with E-state index in [1.54, 1.807) is 60.0 Å². The van der Waals surface area contributed by atoms with Gasteiger partial charge >= 0.3 is 0 Å². The highest BCUT2D eigenvalue weighted by Crippen LogP contribution is 2.27. The first-order valence-corrected chi connectivity index (χ1v) is 11.8. The number of anilines is 2. The van der Waals surface area contributed by atoms with E-state index >= 15 is 0 Å². The number of nitrogens with zero attached hydrogens (tertiary/aromatic N) is 2. The summed E-state index contributed by atoms with van der Waals surface area (Å²) in [6.07, 6.45) is 0. The van der Waals surface area contributed by atoms with Crippen LogP contribution in [-0.2, 0) is 10.0 Å². The Labute approximate surface area is 189 Å². The second-order valence-electron chi connectivity index (χ2n) is 6.65. The number of hydrogen-bond donors (Lipinski definition) is 2. The molecule has 0 radical (unpaired) electrons. The number of amides is 1. The average molecular weight is 461 g/mol. The Kier molecular flexibility index (Phi) is 5.98. The van der Waals surface area contributed by atoms with Crippen molar-refractivity contribution in [3.63, 3.8) is 0 Å². The molecule has 0 saturated heterocycles. The van der Waals surface area contributed by atoms with Crippen LogP contribution in [0.15, 0.2) is 89.1 Å². The van der Waals surface area contributed by atoms with Crippen LogP contribution in [0.5, 0.6) is 0 Å². The first-order valence-electron chi connectivity index (χ1n) is 9.40. The van der Waals surface area contributed by atoms with E-state index in [1.165, 1.54) is 35.6 Å². The number of para-hydroxylation sites is 1. The van der Waals surface area contributed by atoms with Crippen molar-refractivity contribution in [2.75, 3.05) is 10.0 Å². The number of sulfonamides is 1. The maximum absolute atomic E-state index is 12.9. The minimum absolute atomic E-state index is 0.0993. The zero-order chi connectivity index (χ0) is 22.6. The fraction of sp³-hybridized carbons (Fsp3) is 0. The summed E-state index contributed by atoms with van der Waals surface area (Å²) in [5, 5.41) is 13.8. The quantitative estimate of drug-likeness (QED) is 0.432. The van der Waals surface area contributed by atoms with Crippen LogP contribution in [0.2, 0.25) is 0 Å². The summed E-state index contributed by atoms with van der Waals surface area (Å²) in [4.78, 5) is 17.4. The number of nitrogens with one attached hydrogen (secondary N) is 2. The highest BCUT2D eigenvalue weighted by Gasteiger charge is 2.19. The number of hydrogen-bond acceptors (Lipinski definition) is 6. The van der Waals surface area contributed by atoms with Crippen molar-refractivity contribution in [1.82, 2.24) is 4.98 Å². The van der Waals surface area contributed by atoms with Crippen molar-refractivity contribution < 1.29 is 13.2 Å². The van der Waals surface area contributed by atoms with Gasteiger partial charge in [0, 0.05) is 10.9 Å². The van der Waals surface area contributed by atoms with Crippen LogP contribution in [0.25, 0.3) is 11.3 Å². The van der Waals surface area contributed by atoms with Gasteiger partial charge in [0.15, 0.2) is 5.13 Å². The fourth-order valence-electron chi connectivity index (χ4n) is 2.92.